The molecule has 3 rings (SSSR count). The number of hydrogen-bond acceptors (Lipinski definition) is 6. The molecule has 29 heavy (non-hydrogen) atoms. The molecule has 1 amide bonds. The zero-order chi connectivity index (χ0) is 20.8. The van der Waals surface area contributed by atoms with Crippen molar-refractivity contribution in [2.45, 2.75) is 44.6 Å². The number of amides is 1. The number of benzene rings is 2. The van der Waals surface area contributed by atoms with Gasteiger partial charge in [-0.15, -0.1) is 0 Å². The highest BCUT2D eigenvalue weighted by Crippen LogP contribution is 2.45. The largest absolute Gasteiger partial charge is 0.449 e. The van der Waals surface area contributed by atoms with Gasteiger partial charge in [-0.1, -0.05) is 49.4 Å². The summed E-state index contributed by atoms with van der Waals surface area (Å²) in [5.41, 5.74) is 1.16. The number of para-hydroxylation sites is 1. The predicted molar refractivity (Wildman–Crippen MR) is 104 cm³/mol. The lowest BCUT2D eigenvalue weighted by atomic mass is 10.0. The average molecular weight is 398 g/mol. The molecule has 8 nitrogen and oxygen atoms in total. The van der Waals surface area contributed by atoms with Crippen molar-refractivity contribution in [2.24, 2.45) is 0 Å². The first-order valence-electron chi connectivity index (χ1n) is 9.41. The fourth-order valence-electron chi connectivity index (χ4n) is 3.06. The summed E-state index contributed by atoms with van der Waals surface area (Å²) in [6.07, 6.45) is -1.88. The fraction of sp³-hybridized carbons (Fsp3) is 0.333. The normalized spacial score (nSPS) is 18.5. The maximum absolute atomic E-state index is 12.7. The Kier molecular flexibility index (Phi) is 6.56. The highest BCUT2D eigenvalue weighted by atomic mass is 16.6. The molecule has 0 aromatic heterocycles. The molecule has 1 fully saturated rings. The van der Waals surface area contributed by atoms with Gasteiger partial charge in [0.1, 0.15) is 12.2 Å². The lowest BCUT2D eigenvalue weighted by molar-refractivity contribution is -0.385. The van der Waals surface area contributed by atoms with Gasteiger partial charge in [0.25, 0.3) is 11.6 Å². The van der Waals surface area contributed by atoms with Crippen molar-refractivity contribution in [1.29, 1.82) is 0 Å². The molecule has 2 aromatic rings. The minimum atomic E-state index is -1.18. The van der Waals surface area contributed by atoms with E-state index in [2.05, 4.69) is 5.32 Å². The summed E-state index contributed by atoms with van der Waals surface area (Å²) in [6, 6.07) is 15.5. The number of nitro benzene ring substituents is 1. The first-order chi connectivity index (χ1) is 14.0. The molecule has 3 atom stereocenters. The second kappa shape index (κ2) is 9.29. The van der Waals surface area contributed by atoms with Gasteiger partial charge in [0, 0.05) is 19.0 Å². The topological polar surface area (TPSA) is 111 Å². The summed E-state index contributed by atoms with van der Waals surface area (Å²) in [5.74, 6) is -1.01. The number of nitrogens with one attached hydrogen (secondary N) is 1. The van der Waals surface area contributed by atoms with Gasteiger partial charge in [-0.05, 0) is 18.1 Å². The third-order valence-corrected chi connectivity index (χ3v) is 4.54. The second-order valence-corrected chi connectivity index (χ2v) is 6.70. The standard InChI is InChI=1S/C21H22N2O6/c1-2-8-17(24)28-20(21(25)22-13-14-9-4-3-5-10-14)19-18(29-19)15-11-6-7-12-16(15)23(26)27/h3-7,9-12,18-20H,2,8,13H2,1H3,(H,22,25)/t18-,19+,20?/m1/s1. The van der Waals surface area contributed by atoms with Crippen molar-refractivity contribution in [3.8, 4) is 0 Å². The molecular formula is C21H22N2O6. The van der Waals surface area contributed by atoms with E-state index < -0.39 is 35.1 Å². The van der Waals surface area contributed by atoms with Crippen molar-refractivity contribution >= 4 is 17.6 Å². The molecule has 0 radical (unpaired) electrons. The number of nitro groups is 1. The first kappa shape index (κ1) is 20.5. The fourth-order valence-corrected chi connectivity index (χ4v) is 3.06. The molecule has 2 aromatic carbocycles. The number of rotatable bonds is 9. The summed E-state index contributed by atoms with van der Waals surface area (Å²) < 4.78 is 10.9. The van der Waals surface area contributed by atoms with Crippen LogP contribution in [0, 0.1) is 10.1 Å². The third-order valence-electron chi connectivity index (χ3n) is 4.54. The summed E-state index contributed by atoms with van der Waals surface area (Å²) in [5, 5.41) is 14.0. The molecular weight excluding hydrogens is 376 g/mol. The predicted octanol–water partition coefficient (Wildman–Crippen LogP) is 3.06. The van der Waals surface area contributed by atoms with Gasteiger partial charge in [0.15, 0.2) is 0 Å². The number of ether oxygens (including phenoxy) is 2. The van der Waals surface area contributed by atoms with Crippen molar-refractivity contribution in [3.05, 3.63) is 75.8 Å². The van der Waals surface area contributed by atoms with E-state index in [1.165, 1.54) is 6.07 Å². The van der Waals surface area contributed by atoms with E-state index in [4.69, 9.17) is 9.47 Å². The van der Waals surface area contributed by atoms with Gasteiger partial charge in [-0.3, -0.25) is 19.7 Å². The monoisotopic (exact) mass is 398 g/mol. The minimum absolute atomic E-state index is 0.0941. The molecule has 0 spiro atoms. The van der Waals surface area contributed by atoms with Gasteiger partial charge in [0.05, 0.1) is 10.5 Å². The van der Waals surface area contributed by atoms with Crippen LogP contribution in [0.4, 0.5) is 5.69 Å². The molecule has 0 bridgehead atoms. The van der Waals surface area contributed by atoms with Crippen LogP contribution < -0.4 is 5.32 Å². The van der Waals surface area contributed by atoms with E-state index in [1.54, 1.807) is 18.2 Å². The van der Waals surface area contributed by atoms with E-state index in [9.17, 15) is 19.7 Å². The van der Waals surface area contributed by atoms with Crippen LogP contribution in [0.25, 0.3) is 0 Å². The summed E-state index contributed by atoms with van der Waals surface area (Å²) in [7, 11) is 0. The van der Waals surface area contributed by atoms with Gasteiger partial charge in [-0.2, -0.15) is 0 Å². The van der Waals surface area contributed by atoms with E-state index in [0.717, 1.165) is 5.56 Å². The molecule has 8 heteroatoms. The van der Waals surface area contributed by atoms with Gasteiger partial charge < -0.3 is 14.8 Å². The average Bonchev–Trinajstić information content (AvgIpc) is 3.51. The number of epoxide rings is 1. The Hall–Kier alpha value is -3.26. The van der Waals surface area contributed by atoms with Crippen molar-refractivity contribution in [3.63, 3.8) is 0 Å². The number of hydrogen-bond donors (Lipinski definition) is 1. The van der Waals surface area contributed by atoms with Crippen molar-refractivity contribution in [2.75, 3.05) is 0 Å². The van der Waals surface area contributed by atoms with Crippen LogP contribution in [0.15, 0.2) is 54.6 Å². The first-order valence-corrected chi connectivity index (χ1v) is 9.41. The van der Waals surface area contributed by atoms with Crippen LogP contribution in [-0.2, 0) is 25.6 Å². The number of nitrogens with zero attached hydrogens (tertiary/aromatic N) is 1. The summed E-state index contributed by atoms with van der Waals surface area (Å²) in [6.45, 7) is 2.10. The maximum Gasteiger partial charge on any atom is 0.306 e. The second-order valence-electron chi connectivity index (χ2n) is 6.70. The molecule has 1 N–H and O–H groups in total. The van der Waals surface area contributed by atoms with E-state index in [0.29, 0.717) is 12.0 Å². The van der Waals surface area contributed by atoms with Gasteiger partial charge in [-0.25, -0.2) is 0 Å². The molecule has 1 heterocycles. The highest BCUT2D eigenvalue weighted by molar-refractivity contribution is 5.85. The summed E-state index contributed by atoms with van der Waals surface area (Å²) >= 11 is 0. The lowest BCUT2D eigenvalue weighted by Crippen LogP contribution is -2.41. The Balaban J connectivity index is 1.73. The quantitative estimate of drug-likeness (QED) is 0.301. The maximum atomic E-state index is 12.7. The Morgan fingerprint density at radius 1 is 1.17 bits per heavy atom. The molecule has 1 aliphatic heterocycles. The van der Waals surface area contributed by atoms with E-state index >= 15 is 0 Å². The zero-order valence-corrected chi connectivity index (χ0v) is 15.9. The molecule has 1 aliphatic rings. The molecule has 152 valence electrons. The van der Waals surface area contributed by atoms with Gasteiger partial charge in [0.2, 0.25) is 6.10 Å². The molecule has 0 saturated carbocycles. The van der Waals surface area contributed by atoms with Crippen molar-refractivity contribution in [1.82, 2.24) is 5.32 Å². The Morgan fingerprint density at radius 2 is 1.86 bits per heavy atom. The Bertz CT molecular complexity index is 886. The Morgan fingerprint density at radius 3 is 2.55 bits per heavy atom. The molecule has 1 saturated heterocycles. The number of carbonyl (C=O) groups excluding carboxylic acids is 2. The van der Waals surface area contributed by atoms with Crippen LogP contribution in [0.1, 0.15) is 37.0 Å². The van der Waals surface area contributed by atoms with E-state index in [-0.39, 0.29) is 18.7 Å². The van der Waals surface area contributed by atoms with Crippen molar-refractivity contribution < 1.29 is 24.0 Å². The van der Waals surface area contributed by atoms with Crippen LogP contribution in [0.5, 0.6) is 0 Å². The van der Waals surface area contributed by atoms with Crippen LogP contribution in [0.3, 0.4) is 0 Å². The van der Waals surface area contributed by atoms with Gasteiger partial charge >= 0.3 is 5.97 Å². The van der Waals surface area contributed by atoms with Crippen LogP contribution in [-0.4, -0.2) is 29.0 Å². The smallest absolute Gasteiger partial charge is 0.306 e. The number of carbonyl (C=O) groups is 2. The minimum Gasteiger partial charge on any atom is -0.449 e. The molecule has 1 unspecified atom stereocenters. The zero-order valence-electron chi connectivity index (χ0n) is 15.9. The van der Waals surface area contributed by atoms with E-state index in [1.807, 2.05) is 37.3 Å². The number of esters is 1. The van der Waals surface area contributed by atoms with Crippen LogP contribution >= 0.6 is 0 Å². The highest BCUT2D eigenvalue weighted by Gasteiger charge is 2.53. The Labute approximate surface area is 168 Å². The molecule has 0 aliphatic carbocycles. The third kappa shape index (κ3) is 5.17. The lowest BCUT2D eigenvalue weighted by Gasteiger charge is -2.16. The van der Waals surface area contributed by atoms with Crippen LogP contribution in [0.2, 0.25) is 0 Å². The summed E-state index contributed by atoms with van der Waals surface area (Å²) in [4.78, 5) is 35.5. The SMILES string of the molecule is CCCC(=O)OC(C(=O)NCc1ccccc1)[C@H]1O[C@@H]1c1ccccc1[N+](=O)[O-].